The van der Waals surface area contributed by atoms with Gasteiger partial charge in [-0.15, -0.1) is 0 Å². The average molecular weight is 324 g/mol. The van der Waals surface area contributed by atoms with Crippen LogP contribution in [0.2, 0.25) is 0 Å². The van der Waals surface area contributed by atoms with Crippen LogP contribution in [0.3, 0.4) is 0 Å². The molecule has 0 aromatic rings. The molecule has 23 heavy (non-hydrogen) atoms. The van der Waals surface area contributed by atoms with Crippen molar-refractivity contribution >= 4 is 5.91 Å². The zero-order valence-corrected chi connectivity index (χ0v) is 14.0. The number of likely N-dealkylation sites (tertiary alicyclic amines) is 2. The predicted octanol–water partition coefficient (Wildman–Crippen LogP) is 1.94. The summed E-state index contributed by atoms with van der Waals surface area (Å²) in [6, 6.07) is 0. The number of alkyl halides is 1. The summed E-state index contributed by atoms with van der Waals surface area (Å²) >= 11 is 0. The Morgan fingerprint density at radius 1 is 1.09 bits per heavy atom. The number of fused-ring (bicyclic) bond motifs is 1. The highest BCUT2D eigenvalue weighted by molar-refractivity contribution is 5.79. The molecule has 0 unspecified atom stereocenters. The smallest absolute Gasteiger partial charge is 0.228 e. The summed E-state index contributed by atoms with van der Waals surface area (Å²) in [6.07, 6.45) is 4.42. The number of amides is 1. The van der Waals surface area contributed by atoms with Crippen LogP contribution in [0.15, 0.2) is 0 Å². The molecule has 3 saturated heterocycles. The van der Waals surface area contributed by atoms with Crippen molar-refractivity contribution < 1.29 is 13.9 Å². The lowest BCUT2D eigenvalue weighted by atomic mass is 9.81. The van der Waals surface area contributed by atoms with Gasteiger partial charge in [-0.05, 0) is 43.4 Å². The molecule has 1 aliphatic carbocycles. The van der Waals surface area contributed by atoms with Crippen LogP contribution in [0.4, 0.5) is 4.39 Å². The normalized spacial score (nSPS) is 36.7. The predicted molar refractivity (Wildman–Crippen MR) is 85.8 cm³/mol. The van der Waals surface area contributed by atoms with Crippen LogP contribution < -0.4 is 0 Å². The lowest BCUT2D eigenvalue weighted by molar-refractivity contribution is -0.145. The van der Waals surface area contributed by atoms with E-state index in [1.165, 1.54) is 25.8 Å². The molecule has 5 heteroatoms. The zero-order valence-electron chi connectivity index (χ0n) is 14.0. The summed E-state index contributed by atoms with van der Waals surface area (Å²) in [5.41, 5.74) is 0. The Hall–Kier alpha value is -0.680. The Labute approximate surface area is 138 Å². The lowest BCUT2D eigenvalue weighted by Crippen LogP contribution is -2.49. The van der Waals surface area contributed by atoms with Crippen LogP contribution in [-0.4, -0.2) is 67.8 Å². The second-order valence-corrected chi connectivity index (χ2v) is 8.08. The number of ether oxygens (including phenoxy) is 1. The number of piperidine rings is 1. The minimum Gasteiger partial charge on any atom is -0.380 e. The van der Waals surface area contributed by atoms with Crippen molar-refractivity contribution in [2.24, 2.45) is 23.7 Å². The van der Waals surface area contributed by atoms with Gasteiger partial charge in [-0.3, -0.25) is 4.79 Å². The molecule has 3 heterocycles. The molecule has 4 rings (SSSR count). The van der Waals surface area contributed by atoms with Crippen LogP contribution in [0.5, 0.6) is 0 Å². The van der Waals surface area contributed by atoms with Crippen LogP contribution in [0.25, 0.3) is 0 Å². The van der Waals surface area contributed by atoms with Gasteiger partial charge in [0.25, 0.3) is 0 Å². The number of carbonyl (C=O) groups excluding carboxylic acids is 1. The summed E-state index contributed by atoms with van der Waals surface area (Å²) in [7, 11) is 0. The maximum absolute atomic E-state index is 13.3. The minimum atomic E-state index is -0.723. The summed E-state index contributed by atoms with van der Waals surface area (Å²) in [5.74, 6) is 2.05. The van der Waals surface area contributed by atoms with E-state index in [1.807, 2.05) is 4.90 Å². The van der Waals surface area contributed by atoms with Crippen molar-refractivity contribution in [3.8, 4) is 0 Å². The van der Waals surface area contributed by atoms with Crippen molar-refractivity contribution in [2.75, 3.05) is 45.9 Å². The van der Waals surface area contributed by atoms with Gasteiger partial charge in [0.1, 0.15) is 6.17 Å². The molecule has 4 aliphatic rings. The van der Waals surface area contributed by atoms with Crippen LogP contribution in [0, 0.1) is 23.7 Å². The van der Waals surface area contributed by atoms with E-state index in [9.17, 15) is 9.18 Å². The Morgan fingerprint density at radius 3 is 2.57 bits per heavy atom. The van der Waals surface area contributed by atoms with Gasteiger partial charge in [-0.1, -0.05) is 6.42 Å². The van der Waals surface area contributed by atoms with E-state index in [0.717, 1.165) is 25.6 Å². The molecular formula is C18H29FN2O2. The van der Waals surface area contributed by atoms with E-state index in [1.54, 1.807) is 0 Å². The van der Waals surface area contributed by atoms with Gasteiger partial charge in [-0.2, -0.15) is 0 Å². The van der Waals surface area contributed by atoms with E-state index in [-0.39, 0.29) is 11.8 Å². The van der Waals surface area contributed by atoms with Gasteiger partial charge < -0.3 is 14.5 Å². The van der Waals surface area contributed by atoms with Crippen molar-refractivity contribution in [1.82, 2.24) is 9.80 Å². The van der Waals surface area contributed by atoms with Gasteiger partial charge >= 0.3 is 0 Å². The van der Waals surface area contributed by atoms with Gasteiger partial charge in [0.2, 0.25) is 5.91 Å². The third-order valence-corrected chi connectivity index (χ3v) is 6.51. The SMILES string of the molecule is O=C([C@@H]1COC[C@@H]2CN(CC3CCC3)C[C@@H]21)N1CCC(F)CC1. The lowest BCUT2D eigenvalue weighted by Gasteiger charge is -2.37. The second kappa shape index (κ2) is 6.67. The molecule has 0 radical (unpaired) electrons. The second-order valence-electron chi connectivity index (χ2n) is 8.08. The van der Waals surface area contributed by atoms with Crippen molar-refractivity contribution in [1.29, 1.82) is 0 Å². The van der Waals surface area contributed by atoms with Crippen LogP contribution in [0.1, 0.15) is 32.1 Å². The van der Waals surface area contributed by atoms with E-state index in [2.05, 4.69) is 4.90 Å². The largest absolute Gasteiger partial charge is 0.380 e. The highest BCUT2D eigenvalue weighted by atomic mass is 19.1. The highest BCUT2D eigenvalue weighted by Crippen LogP contribution is 2.37. The number of hydrogen-bond acceptors (Lipinski definition) is 3. The summed E-state index contributed by atoms with van der Waals surface area (Å²) in [6.45, 7) is 5.90. The Balaban J connectivity index is 1.37. The molecule has 0 spiro atoms. The fourth-order valence-corrected chi connectivity index (χ4v) is 4.84. The van der Waals surface area contributed by atoms with E-state index in [4.69, 9.17) is 4.74 Å². The third kappa shape index (κ3) is 3.27. The molecule has 130 valence electrons. The summed E-state index contributed by atoms with van der Waals surface area (Å²) in [4.78, 5) is 17.4. The number of halogens is 1. The zero-order chi connectivity index (χ0) is 15.8. The number of nitrogens with zero attached hydrogens (tertiary/aromatic N) is 2. The fourth-order valence-electron chi connectivity index (χ4n) is 4.84. The molecule has 0 bridgehead atoms. The third-order valence-electron chi connectivity index (χ3n) is 6.51. The van der Waals surface area contributed by atoms with Gasteiger partial charge in [0.15, 0.2) is 0 Å². The standard InChI is InChI=1S/C18H29FN2O2/c19-15-4-6-21(7-5-15)18(22)17-12-23-11-14-9-20(10-16(14)17)8-13-2-1-3-13/h13-17H,1-12H2/t14-,16-,17+/m0/s1. The minimum absolute atomic E-state index is 0.00342. The van der Waals surface area contributed by atoms with Crippen molar-refractivity contribution in [2.45, 2.75) is 38.3 Å². The Bertz CT molecular complexity index is 435. The summed E-state index contributed by atoms with van der Waals surface area (Å²) in [5, 5.41) is 0. The molecule has 3 aliphatic heterocycles. The fraction of sp³-hybridized carbons (Fsp3) is 0.944. The maximum Gasteiger partial charge on any atom is 0.228 e. The van der Waals surface area contributed by atoms with E-state index < -0.39 is 6.17 Å². The Kier molecular flexibility index (Phi) is 4.59. The Morgan fingerprint density at radius 2 is 1.87 bits per heavy atom. The van der Waals surface area contributed by atoms with Gasteiger partial charge in [-0.25, -0.2) is 4.39 Å². The van der Waals surface area contributed by atoms with Crippen molar-refractivity contribution in [3.63, 3.8) is 0 Å². The molecule has 0 aromatic carbocycles. The van der Waals surface area contributed by atoms with Gasteiger partial charge in [0.05, 0.1) is 19.1 Å². The molecule has 4 fully saturated rings. The highest BCUT2D eigenvalue weighted by Gasteiger charge is 2.45. The molecule has 4 nitrogen and oxygen atoms in total. The maximum atomic E-state index is 13.3. The molecule has 0 aromatic heterocycles. The number of rotatable bonds is 3. The molecular weight excluding hydrogens is 295 g/mol. The first kappa shape index (κ1) is 15.8. The van der Waals surface area contributed by atoms with Crippen molar-refractivity contribution in [3.05, 3.63) is 0 Å². The molecule has 3 atom stereocenters. The first-order valence-electron chi connectivity index (χ1n) is 9.43. The quantitative estimate of drug-likeness (QED) is 0.795. The van der Waals surface area contributed by atoms with Crippen LogP contribution >= 0.6 is 0 Å². The van der Waals surface area contributed by atoms with E-state index in [0.29, 0.717) is 44.4 Å². The summed E-state index contributed by atoms with van der Waals surface area (Å²) < 4.78 is 19.1. The first-order valence-corrected chi connectivity index (χ1v) is 9.43. The van der Waals surface area contributed by atoms with Gasteiger partial charge in [0, 0.05) is 32.7 Å². The first-order chi connectivity index (χ1) is 11.2. The average Bonchev–Trinajstić information content (AvgIpc) is 2.93. The molecule has 1 saturated carbocycles. The van der Waals surface area contributed by atoms with Crippen LogP contribution in [-0.2, 0) is 9.53 Å². The number of carbonyl (C=O) groups is 1. The molecule has 1 amide bonds. The van der Waals surface area contributed by atoms with E-state index >= 15 is 0 Å². The monoisotopic (exact) mass is 324 g/mol. The topological polar surface area (TPSA) is 32.8 Å². The number of hydrogen-bond donors (Lipinski definition) is 0. The molecule has 0 N–H and O–H groups in total.